The highest BCUT2D eigenvalue weighted by molar-refractivity contribution is 9.10. The number of aromatic nitrogens is 1. The van der Waals surface area contributed by atoms with Gasteiger partial charge < -0.3 is 9.84 Å². The third kappa shape index (κ3) is 3.47. The fourth-order valence-electron chi connectivity index (χ4n) is 1.43. The van der Waals surface area contributed by atoms with Crippen LogP contribution in [-0.2, 0) is 0 Å². The number of nitrogens with zero attached hydrogens (tertiary/aromatic N) is 2. The first-order valence-electron chi connectivity index (χ1n) is 5.40. The van der Waals surface area contributed by atoms with Gasteiger partial charge in [0.25, 0.3) is 0 Å². The van der Waals surface area contributed by atoms with Crippen LogP contribution < -0.4 is 4.74 Å². The topological polar surface area (TPSA) is 103 Å². The summed E-state index contributed by atoms with van der Waals surface area (Å²) < 4.78 is 5.78. The molecule has 0 unspecified atom stereocenters. The molecule has 21 heavy (non-hydrogen) atoms. The van der Waals surface area contributed by atoms with Gasteiger partial charge in [0.15, 0.2) is 5.69 Å². The highest BCUT2D eigenvalue weighted by atomic mass is 79.9. The van der Waals surface area contributed by atoms with Gasteiger partial charge in [-0.3, -0.25) is 10.1 Å². The quantitative estimate of drug-likeness (QED) is 0.644. The zero-order chi connectivity index (χ0) is 15.6. The lowest BCUT2D eigenvalue weighted by Gasteiger charge is -2.08. The first kappa shape index (κ1) is 15.2. The Balaban J connectivity index is 2.48. The molecule has 2 rings (SSSR count). The van der Waals surface area contributed by atoms with Crippen molar-refractivity contribution in [3.8, 4) is 11.6 Å². The minimum atomic E-state index is -1.31. The van der Waals surface area contributed by atoms with Crippen molar-refractivity contribution in [2.75, 3.05) is 0 Å². The monoisotopic (exact) mass is 372 g/mol. The molecule has 0 saturated heterocycles. The predicted molar refractivity (Wildman–Crippen MR) is 77.1 cm³/mol. The molecule has 0 aliphatic rings. The molecular weight excluding hydrogens is 367 g/mol. The van der Waals surface area contributed by atoms with Crippen molar-refractivity contribution >= 4 is 39.2 Å². The van der Waals surface area contributed by atoms with Crippen molar-refractivity contribution in [1.82, 2.24) is 4.98 Å². The summed E-state index contributed by atoms with van der Waals surface area (Å²) in [4.78, 5) is 24.7. The van der Waals surface area contributed by atoms with Gasteiger partial charge in [0, 0.05) is 11.1 Å². The molecular formula is C12H6BrClN2O5. The molecule has 1 N–H and O–H groups in total. The fraction of sp³-hybridized carbons (Fsp3) is 0. The van der Waals surface area contributed by atoms with Gasteiger partial charge in [-0.05, 0) is 40.2 Å². The average molecular weight is 374 g/mol. The Bertz CT molecular complexity index is 738. The van der Waals surface area contributed by atoms with Gasteiger partial charge in [-0.2, -0.15) is 4.98 Å². The van der Waals surface area contributed by atoms with Crippen molar-refractivity contribution in [2.45, 2.75) is 0 Å². The molecule has 0 aliphatic heterocycles. The van der Waals surface area contributed by atoms with E-state index >= 15 is 0 Å². The Labute approximate surface area is 131 Å². The molecule has 2 aromatic rings. The first-order chi connectivity index (χ1) is 9.88. The van der Waals surface area contributed by atoms with Crippen LogP contribution in [0.15, 0.2) is 34.8 Å². The number of ether oxygens (including phenoxy) is 1. The van der Waals surface area contributed by atoms with Crippen LogP contribution in [-0.4, -0.2) is 21.0 Å². The van der Waals surface area contributed by atoms with E-state index in [2.05, 4.69) is 20.9 Å². The minimum absolute atomic E-state index is 0.220. The molecule has 0 spiro atoms. The van der Waals surface area contributed by atoms with Gasteiger partial charge in [0.1, 0.15) is 5.75 Å². The van der Waals surface area contributed by atoms with Gasteiger partial charge >= 0.3 is 17.5 Å². The molecule has 0 amide bonds. The Kier molecular flexibility index (Phi) is 4.39. The Morgan fingerprint density at radius 2 is 2.10 bits per heavy atom. The molecule has 1 aromatic carbocycles. The number of hydrogen-bond donors (Lipinski definition) is 1. The van der Waals surface area contributed by atoms with Gasteiger partial charge in [-0.1, -0.05) is 11.6 Å². The average Bonchev–Trinajstić information content (AvgIpc) is 2.41. The zero-order valence-corrected chi connectivity index (χ0v) is 12.5. The molecule has 9 heteroatoms. The lowest BCUT2D eigenvalue weighted by molar-refractivity contribution is -0.386. The van der Waals surface area contributed by atoms with Crippen molar-refractivity contribution in [2.24, 2.45) is 0 Å². The number of carbonyl (C=O) groups is 1. The van der Waals surface area contributed by atoms with Crippen LogP contribution in [0.3, 0.4) is 0 Å². The van der Waals surface area contributed by atoms with E-state index in [4.69, 9.17) is 21.4 Å². The fourth-order valence-corrected chi connectivity index (χ4v) is 2.19. The van der Waals surface area contributed by atoms with E-state index in [9.17, 15) is 14.9 Å². The number of pyridine rings is 1. The largest absolute Gasteiger partial charge is 0.477 e. The SMILES string of the molecule is O=C(O)c1ccc([N+](=O)[O-])c(Oc2ccc(Cl)cc2Br)n1. The number of carboxylic acids is 1. The van der Waals surface area contributed by atoms with Crippen molar-refractivity contribution in [3.63, 3.8) is 0 Å². The summed E-state index contributed by atoms with van der Waals surface area (Å²) in [6.45, 7) is 0. The maximum atomic E-state index is 10.9. The molecule has 0 bridgehead atoms. The number of carboxylic acid groups (broad SMARTS) is 1. The smallest absolute Gasteiger partial charge is 0.354 e. The molecule has 0 radical (unpaired) electrons. The summed E-state index contributed by atoms with van der Waals surface area (Å²) in [5.74, 6) is -1.51. The summed E-state index contributed by atoms with van der Waals surface area (Å²) in [5, 5.41) is 20.3. The number of nitro groups is 1. The van der Waals surface area contributed by atoms with Gasteiger partial charge in [0.2, 0.25) is 0 Å². The van der Waals surface area contributed by atoms with Crippen LogP contribution in [0.5, 0.6) is 11.6 Å². The molecule has 1 aromatic heterocycles. The van der Waals surface area contributed by atoms with Crippen LogP contribution in [0.1, 0.15) is 10.5 Å². The minimum Gasteiger partial charge on any atom is -0.477 e. The summed E-state index contributed by atoms with van der Waals surface area (Å²) in [6, 6.07) is 6.59. The van der Waals surface area contributed by atoms with Gasteiger partial charge in [0.05, 0.1) is 9.40 Å². The maximum Gasteiger partial charge on any atom is 0.354 e. The lowest BCUT2D eigenvalue weighted by Crippen LogP contribution is -2.04. The van der Waals surface area contributed by atoms with E-state index in [1.54, 1.807) is 0 Å². The second-order valence-electron chi connectivity index (χ2n) is 3.76. The Morgan fingerprint density at radius 3 is 2.67 bits per heavy atom. The Hall–Kier alpha value is -2.19. The van der Waals surface area contributed by atoms with Crippen molar-refractivity contribution in [3.05, 3.63) is 55.6 Å². The molecule has 1 heterocycles. The number of benzene rings is 1. The van der Waals surface area contributed by atoms with E-state index in [0.717, 1.165) is 12.1 Å². The maximum absolute atomic E-state index is 10.9. The number of halogens is 2. The van der Waals surface area contributed by atoms with E-state index in [1.165, 1.54) is 18.2 Å². The summed E-state index contributed by atoms with van der Waals surface area (Å²) in [5.41, 5.74) is -0.803. The molecule has 0 aliphatic carbocycles. The predicted octanol–water partition coefficient (Wildman–Crippen LogP) is 3.90. The normalized spacial score (nSPS) is 10.2. The third-order valence-electron chi connectivity index (χ3n) is 2.36. The molecule has 0 saturated carbocycles. The van der Waals surface area contributed by atoms with E-state index in [1.807, 2.05) is 0 Å². The first-order valence-corrected chi connectivity index (χ1v) is 6.57. The second-order valence-corrected chi connectivity index (χ2v) is 5.05. The van der Waals surface area contributed by atoms with E-state index < -0.39 is 22.5 Å². The summed E-state index contributed by atoms with van der Waals surface area (Å²) >= 11 is 8.97. The number of hydrogen-bond acceptors (Lipinski definition) is 5. The van der Waals surface area contributed by atoms with Crippen molar-refractivity contribution in [1.29, 1.82) is 0 Å². The van der Waals surface area contributed by atoms with Crippen molar-refractivity contribution < 1.29 is 19.6 Å². The number of rotatable bonds is 4. The molecule has 7 nitrogen and oxygen atoms in total. The van der Waals surface area contributed by atoms with E-state index in [-0.39, 0.29) is 11.4 Å². The lowest BCUT2D eigenvalue weighted by atomic mass is 10.3. The van der Waals surface area contributed by atoms with Gasteiger partial charge in [-0.25, -0.2) is 4.79 Å². The van der Waals surface area contributed by atoms with E-state index in [0.29, 0.717) is 9.50 Å². The van der Waals surface area contributed by atoms with Crippen LogP contribution in [0.4, 0.5) is 5.69 Å². The highest BCUT2D eigenvalue weighted by Crippen LogP contribution is 2.35. The van der Waals surface area contributed by atoms with Crippen LogP contribution >= 0.6 is 27.5 Å². The van der Waals surface area contributed by atoms with Crippen LogP contribution in [0, 0.1) is 10.1 Å². The van der Waals surface area contributed by atoms with Crippen LogP contribution in [0.2, 0.25) is 5.02 Å². The Morgan fingerprint density at radius 1 is 1.38 bits per heavy atom. The standard InChI is InChI=1S/C12H6BrClN2O5/c13-7-5-6(14)1-4-10(7)21-11-9(16(19)20)3-2-8(15-11)12(17)18/h1-5H,(H,17,18). The molecule has 108 valence electrons. The second kappa shape index (κ2) is 6.06. The summed E-state index contributed by atoms with van der Waals surface area (Å²) in [7, 11) is 0. The zero-order valence-electron chi connectivity index (χ0n) is 10.1. The third-order valence-corrected chi connectivity index (χ3v) is 3.21. The van der Waals surface area contributed by atoms with Crippen LogP contribution in [0.25, 0.3) is 0 Å². The molecule has 0 fully saturated rings. The highest BCUT2D eigenvalue weighted by Gasteiger charge is 2.21. The van der Waals surface area contributed by atoms with Gasteiger partial charge in [-0.15, -0.1) is 0 Å². The summed E-state index contributed by atoms with van der Waals surface area (Å²) in [6.07, 6.45) is 0. The molecule has 0 atom stereocenters. The number of aromatic carboxylic acids is 1.